The van der Waals surface area contributed by atoms with Crippen molar-refractivity contribution in [2.75, 3.05) is 0 Å². The van der Waals surface area contributed by atoms with Gasteiger partial charge < -0.3 is 4.57 Å². The van der Waals surface area contributed by atoms with Gasteiger partial charge >= 0.3 is 0 Å². The number of hydrogen-bond acceptors (Lipinski definition) is 3. The van der Waals surface area contributed by atoms with Crippen LogP contribution in [0.3, 0.4) is 0 Å². The van der Waals surface area contributed by atoms with Crippen LogP contribution in [0.15, 0.2) is 170 Å². The summed E-state index contributed by atoms with van der Waals surface area (Å²) in [5.74, 6) is 0. The zero-order valence-electron chi connectivity index (χ0n) is 28.4. The fourth-order valence-electron chi connectivity index (χ4n) is 8.67. The molecule has 0 spiro atoms. The summed E-state index contributed by atoms with van der Waals surface area (Å²) in [5.41, 5.74) is 9.26. The number of benzene rings is 8. The molecule has 246 valence electrons. The second-order valence-corrected chi connectivity index (χ2v) is 15.9. The SMILES string of the molecule is c1ccc(-c2nc3ccccc3c3c2cc(-n2c4ccccc4c4cc(-c5cccc6c5sc5ccccc56)ccc42)c2sc4ccccc4c23)cc1. The summed E-state index contributed by atoms with van der Waals surface area (Å²) in [7, 11) is 0. The van der Waals surface area contributed by atoms with Crippen LogP contribution in [0.5, 0.6) is 0 Å². The van der Waals surface area contributed by atoms with Crippen molar-refractivity contribution in [1.29, 1.82) is 0 Å². The maximum Gasteiger partial charge on any atom is 0.0789 e. The highest BCUT2D eigenvalue weighted by molar-refractivity contribution is 7.26. The van der Waals surface area contributed by atoms with E-state index in [9.17, 15) is 0 Å². The predicted octanol–water partition coefficient (Wildman–Crippen LogP) is 14.6. The molecule has 4 heteroatoms. The normalized spacial score (nSPS) is 12.2. The molecule has 0 amide bonds. The summed E-state index contributed by atoms with van der Waals surface area (Å²) in [5, 5.41) is 11.4. The predicted molar refractivity (Wildman–Crippen MR) is 230 cm³/mol. The van der Waals surface area contributed by atoms with E-state index >= 15 is 0 Å². The Balaban J connectivity index is 1.21. The van der Waals surface area contributed by atoms with Gasteiger partial charge in [-0.3, -0.25) is 0 Å². The highest BCUT2D eigenvalue weighted by Crippen LogP contribution is 2.48. The topological polar surface area (TPSA) is 17.8 Å². The van der Waals surface area contributed by atoms with E-state index in [0.29, 0.717) is 0 Å². The number of pyridine rings is 1. The Kier molecular flexibility index (Phi) is 6.12. The molecule has 2 nitrogen and oxygen atoms in total. The van der Waals surface area contributed by atoms with Crippen LogP contribution in [-0.2, 0) is 0 Å². The van der Waals surface area contributed by atoms with Crippen LogP contribution in [0.2, 0.25) is 0 Å². The minimum Gasteiger partial charge on any atom is -0.308 e. The molecule has 0 aliphatic carbocycles. The van der Waals surface area contributed by atoms with Crippen LogP contribution < -0.4 is 0 Å². The number of rotatable bonds is 3. The molecule has 12 aromatic rings. The molecule has 0 fully saturated rings. The molecule has 53 heavy (non-hydrogen) atoms. The summed E-state index contributed by atoms with van der Waals surface area (Å²) < 4.78 is 7.75. The summed E-state index contributed by atoms with van der Waals surface area (Å²) >= 11 is 3.78. The molecule has 8 aromatic carbocycles. The minimum absolute atomic E-state index is 1.01. The average molecular weight is 709 g/mol. The van der Waals surface area contributed by atoms with Gasteiger partial charge in [0, 0.05) is 68.1 Å². The first-order valence-corrected chi connectivity index (χ1v) is 19.6. The molecule has 0 bridgehead atoms. The van der Waals surface area contributed by atoms with Gasteiger partial charge in [0.25, 0.3) is 0 Å². The first-order valence-electron chi connectivity index (χ1n) is 18.0. The van der Waals surface area contributed by atoms with Crippen molar-refractivity contribution in [2.24, 2.45) is 0 Å². The Morgan fingerprint density at radius 3 is 1.92 bits per heavy atom. The molecular weight excluding hydrogens is 681 g/mol. The zero-order chi connectivity index (χ0) is 34.6. The third kappa shape index (κ3) is 4.16. The Morgan fingerprint density at radius 1 is 0.396 bits per heavy atom. The van der Waals surface area contributed by atoms with Gasteiger partial charge in [0.2, 0.25) is 0 Å². The third-order valence-electron chi connectivity index (χ3n) is 11.0. The van der Waals surface area contributed by atoms with E-state index in [1.54, 1.807) is 0 Å². The van der Waals surface area contributed by atoms with Crippen molar-refractivity contribution >= 4 is 106 Å². The van der Waals surface area contributed by atoms with E-state index in [-0.39, 0.29) is 0 Å². The molecule has 0 radical (unpaired) electrons. The lowest BCUT2D eigenvalue weighted by Gasteiger charge is -2.16. The quantitative estimate of drug-likeness (QED) is 0.167. The minimum atomic E-state index is 1.01. The maximum absolute atomic E-state index is 5.37. The molecule has 4 heterocycles. The van der Waals surface area contributed by atoms with Crippen molar-refractivity contribution in [3.05, 3.63) is 170 Å². The highest BCUT2D eigenvalue weighted by atomic mass is 32.1. The second kappa shape index (κ2) is 11.1. The van der Waals surface area contributed by atoms with Crippen LogP contribution in [0.25, 0.3) is 112 Å². The summed E-state index contributed by atoms with van der Waals surface area (Å²) in [6.45, 7) is 0. The standard InChI is InChI=1S/C49H28N2S2/c1-2-13-29(14-3-1)47-38-28-42(49-46(36-18-7-11-24-44(36)53-49)45(38)35-17-4-8-21-39(35)50-47)51-40-22-9-5-15-32(40)37-27-30(25-26-41(37)51)31-19-12-20-34-33-16-6-10-23-43(33)52-48(31)34/h1-28H. The number of aromatic nitrogens is 2. The second-order valence-electron chi connectivity index (χ2n) is 13.8. The molecule has 0 N–H and O–H groups in total. The van der Waals surface area contributed by atoms with Crippen molar-refractivity contribution < 1.29 is 0 Å². The first kappa shape index (κ1) is 29.3. The van der Waals surface area contributed by atoms with Gasteiger partial charge in [-0.15, -0.1) is 22.7 Å². The fourth-order valence-corrected chi connectivity index (χ4v) is 11.1. The van der Waals surface area contributed by atoms with E-state index < -0.39 is 0 Å². The molecular formula is C49H28N2S2. The molecule has 0 atom stereocenters. The van der Waals surface area contributed by atoms with Crippen molar-refractivity contribution in [3.63, 3.8) is 0 Å². The van der Waals surface area contributed by atoms with Gasteiger partial charge in [0.15, 0.2) is 0 Å². The summed E-state index contributed by atoms with van der Waals surface area (Å²) in [4.78, 5) is 5.37. The van der Waals surface area contributed by atoms with E-state index in [4.69, 9.17) is 4.98 Å². The molecule has 4 aromatic heterocycles. The van der Waals surface area contributed by atoms with Gasteiger partial charge in [-0.25, -0.2) is 4.98 Å². The third-order valence-corrected chi connectivity index (χ3v) is 13.4. The van der Waals surface area contributed by atoms with Crippen LogP contribution in [0.1, 0.15) is 0 Å². The van der Waals surface area contributed by atoms with Gasteiger partial charge in [0.05, 0.1) is 32.6 Å². The van der Waals surface area contributed by atoms with Gasteiger partial charge in [0.1, 0.15) is 0 Å². The number of hydrogen-bond donors (Lipinski definition) is 0. The smallest absolute Gasteiger partial charge is 0.0789 e. The van der Waals surface area contributed by atoms with Crippen LogP contribution in [0, 0.1) is 0 Å². The first-order chi connectivity index (χ1) is 26.3. The van der Waals surface area contributed by atoms with Crippen molar-refractivity contribution in [3.8, 4) is 28.1 Å². The monoisotopic (exact) mass is 708 g/mol. The summed E-state index contributed by atoms with van der Waals surface area (Å²) in [6, 6.07) is 62.1. The Bertz CT molecular complexity index is 3460. The van der Waals surface area contributed by atoms with Gasteiger partial charge in [-0.1, -0.05) is 127 Å². The van der Waals surface area contributed by atoms with Crippen LogP contribution in [-0.4, -0.2) is 9.55 Å². The molecule has 0 unspecified atom stereocenters. The van der Waals surface area contributed by atoms with Crippen molar-refractivity contribution in [2.45, 2.75) is 0 Å². The van der Waals surface area contributed by atoms with E-state index in [1.807, 2.05) is 22.7 Å². The van der Waals surface area contributed by atoms with E-state index in [0.717, 1.165) is 16.8 Å². The highest BCUT2D eigenvalue weighted by Gasteiger charge is 2.23. The molecule has 0 saturated heterocycles. The lowest BCUT2D eigenvalue weighted by molar-refractivity contribution is 1.21. The molecule has 12 rings (SSSR count). The largest absolute Gasteiger partial charge is 0.308 e. The number of nitrogens with zero attached hydrogens (tertiary/aromatic N) is 2. The van der Waals surface area contributed by atoms with Gasteiger partial charge in [-0.2, -0.15) is 0 Å². The van der Waals surface area contributed by atoms with Crippen molar-refractivity contribution in [1.82, 2.24) is 9.55 Å². The Labute approximate surface area is 312 Å². The van der Waals surface area contributed by atoms with Gasteiger partial charge in [-0.05, 0) is 53.6 Å². The van der Waals surface area contributed by atoms with E-state index in [2.05, 4.69) is 174 Å². The zero-order valence-corrected chi connectivity index (χ0v) is 30.0. The lowest BCUT2D eigenvalue weighted by Crippen LogP contribution is -1.97. The number of fused-ring (bicyclic) bond motifs is 13. The fraction of sp³-hybridized carbons (Fsp3) is 0. The molecule has 0 aliphatic heterocycles. The lowest BCUT2D eigenvalue weighted by atomic mass is 9.95. The van der Waals surface area contributed by atoms with E-state index in [1.165, 1.54) is 95.1 Å². The summed E-state index contributed by atoms with van der Waals surface area (Å²) in [6.07, 6.45) is 0. The maximum atomic E-state index is 5.37. The molecule has 0 aliphatic rings. The Hall–Kier alpha value is -6.33. The average Bonchev–Trinajstić information content (AvgIpc) is 3.90. The van der Waals surface area contributed by atoms with Crippen LogP contribution >= 0.6 is 22.7 Å². The molecule has 0 saturated carbocycles. The number of para-hydroxylation sites is 2. The van der Waals surface area contributed by atoms with Crippen LogP contribution in [0.4, 0.5) is 0 Å². The Morgan fingerprint density at radius 2 is 1.06 bits per heavy atom. The number of thiophene rings is 2.